The van der Waals surface area contributed by atoms with Crippen LogP contribution in [-0.2, 0) is 14.3 Å². The minimum Gasteiger partial charge on any atom is -0.480 e. The van der Waals surface area contributed by atoms with Crippen molar-refractivity contribution in [1.29, 1.82) is 0 Å². The fraction of sp³-hybridized carbons (Fsp3) is 0.346. The van der Waals surface area contributed by atoms with Crippen LogP contribution in [0.2, 0.25) is 0 Å². The summed E-state index contributed by atoms with van der Waals surface area (Å²) in [7, 11) is 1.49. The van der Waals surface area contributed by atoms with Crippen molar-refractivity contribution in [2.45, 2.75) is 37.8 Å². The zero-order valence-electron chi connectivity index (χ0n) is 18.7. The number of hydrogen-bond acceptors (Lipinski definition) is 4. The van der Waals surface area contributed by atoms with Gasteiger partial charge in [0.15, 0.2) is 0 Å². The summed E-state index contributed by atoms with van der Waals surface area (Å²) < 4.78 is 5.60. The second-order valence-electron chi connectivity index (χ2n) is 8.64. The van der Waals surface area contributed by atoms with Crippen molar-refractivity contribution in [3.05, 3.63) is 71.8 Å². The molecule has 2 aliphatic carbocycles. The van der Waals surface area contributed by atoms with E-state index in [2.05, 4.69) is 29.6 Å². The van der Waals surface area contributed by atoms with Crippen LogP contribution in [0.4, 0.5) is 4.79 Å². The molecule has 7 heteroatoms. The van der Waals surface area contributed by atoms with Gasteiger partial charge in [0.25, 0.3) is 0 Å². The first-order valence-corrected chi connectivity index (χ1v) is 11.1. The maximum absolute atomic E-state index is 12.7. The predicted octanol–water partition coefficient (Wildman–Crippen LogP) is 3.79. The van der Waals surface area contributed by atoms with Gasteiger partial charge < -0.3 is 20.1 Å². The highest BCUT2D eigenvalue weighted by atomic mass is 16.5. The van der Waals surface area contributed by atoms with E-state index in [4.69, 9.17) is 9.84 Å². The molecule has 0 aliphatic heterocycles. The third-order valence-corrected chi connectivity index (χ3v) is 6.61. The number of carbonyl (C=O) groups is 3. The van der Waals surface area contributed by atoms with Gasteiger partial charge >= 0.3 is 12.1 Å². The molecule has 2 aliphatic rings. The van der Waals surface area contributed by atoms with Crippen LogP contribution in [-0.4, -0.2) is 53.7 Å². The number of carboxylic acids is 1. The summed E-state index contributed by atoms with van der Waals surface area (Å²) in [6.45, 7) is 1.70. The minimum absolute atomic E-state index is 0.0227. The Bertz CT molecular complexity index is 1050. The molecule has 3 atom stereocenters. The zero-order valence-corrected chi connectivity index (χ0v) is 18.7. The van der Waals surface area contributed by atoms with Crippen molar-refractivity contribution in [2.75, 3.05) is 13.7 Å². The van der Waals surface area contributed by atoms with Crippen LogP contribution in [0, 0.1) is 5.92 Å². The van der Waals surface area contributed by atoms with Crippen molar-refractivity contribution in [2.24, 2.45) is 5.92 Å². The summed E-state index contributed by atoms with van der Waals surface area (Å²) in [4.78, 5) is 37.7. The SMILES string of the molecule is C[C@@H](C(=O)O)N(C)C(=O)[C@@H]1CC=C[C@@H](NC(=O)OCC2c3ccccc3-c3ccccc32)C1. The summed E-state index contributed by atoms with van der Waals surface area (Å²) in [5.74, 6) is -1.70. The maximum atomic E-state index is 12.7. The molecule has 0 unspecified atom stereocenters. The zero-order chi connectivity index (χ0) is 23.5. The number of aliphatic carboxylic acids is 1. The molecule has 2 aromatic carbocycles. The fourth-order valence-electron chi connectivity index (χ4n) is 4.63. The monoisotopic (exact) mass is 448 g/mol. The standard InChI is InChI=1S/C26H28N2O5/c1-16(25(30)31)28(2)24(29)17-8-7-9-18(14-17)27-26(32)33-15-23-21-12-5-3-10-19(21)20-11-4-6-13-22(20)23/h3-7,9-13,16-18,23H,8,14-15H2,1-2H3,(H,27,32)(H,30,31)/t16-,17+,18+/m0/s1. The molecular formula is C26H28N2O5. The molecule has 0 radical (unpaired) electrons. The number of rotatable bonds is 6. The number of carboxylic acid groups (broad SMARTS) is 1. The number of benzene rings is 2. The molecule has 0 fully saturated rings. The molecule has 0 saturated carbocycles. The second kappa shape index (κ2) is 9.48. The minimum atomic E-state index is -1.05. The van der Waals surface area contributed by atoms with Gasteiger partial charge in [-0.25, -0.2) is 9.59 Å². The Morgan fingerprint density at radius 1 is 1.09 bits per heavy atom. The molecule has 2 amide bonds. The molecule has 0 spiro atoms. The van der Waals surface area contributed by atoms with Crippen LogP contribution in [0.1, 0.15) is 36.8 Å². The van der Waals surface area contributed by atoms with Crippen LogP contribution >= 0.6 is 0 Å². The number of fused-ring (bicyclic) bond motifs is 3. The molecule has 0 bridgehead atoms. The number of likely N-dealkylation sites (N-methyl/N-ethyl adjacent to an activating group) is 1. The van der Waals surface area contributed by atoms with Crippen molar-refractivity contribution < 1.29 is 24.2 Å². The first-order chi connectivity index (χ1) is 15.9. The Morgan fingerprint density at radius 2 is 1.70 bits per heavy atom. The molecule has 2 aromatic rings. The van der Waals surface area contributed by atoms with Gasteiger partial charge in [-0.15, -0.1) is 0 Å². The van der Waals surface area contributed by atoms with E-state index in [0.717, 1.165) is 11.1 Å². The highest BCUT2D eigenvalue weighted by Gasteiger charge is 2.32. The van der Waals surface area contributed by atoms with Crippen molar-refractivity contribution >= 4 is 18.0 Å². The van der Waals surface area contributed by atoms with Crippen molar-refractivity contribution in [3.8, 4) is 11.1 Å². The van der Waals surface area contributed by atoms with Crippen LogP contribution in [0.3, 0.4) is 0 Å². The molecular weight excluding hydrogens is 420 g/mol. The average Bonchev–Trinajstić information content (AvgIpc) is 3.15. The quantitative estimate of drug-likeness (QED) is 0.656. The van der Waals surface area contributed by atoms with Crippen molar-refractivity contribution in [1.82, 2.24) is 10.2 Å². The van der Waals surface area contributed by atoms with Gasteiger partial charge in [-0.3, -0.25) is 4.79 Å². The number of nitrogens with zero attached hydrogens (tertiary/aromatic N) is 1. The van der Waals surface area contributed by atoms with Crippen LogP contribution in [0.15, 0.2) is 60.7 Å². The summed E-state index contributed by atoms with van der Waals surface area (Å²) in [5.41, 5.74) is 4.62. The Labute approximate surface area is 193 Å². The van der Waals surface area contributed by atoms with Gasteiger partial charge in [0.1, 0.15) is 12.6 Å². The summed E-state index contributed by atoms with van der Waals surface area (Å²) in [6, 6.07) is 15.0. The Hall–Kier alpha value is -3.61. The number of carbonyl (C=O) groups excluding carboxylic acids is 2. The van der Waals surface area contributed by atoms with E-state index in [1.807, 2.05) is 36.4 Å². The molecule has 4 rings (SSSR count). The Morgan fingerprint density at radius 3 is 2.30 bits per heavy atom. The lowest BCUT2D eigenvalue weighted by Crippen LogP contribution is -2.46. The van der Waals surface area contributed by atoms with Gasteiger partial charge in [0.05, 0.1) is 6.04 Å². The highest BCUT2D eigenvalue weighted by Crippen LogP contribution is 2.44. The highest BCUT2D eigenvalue weighted by molar-refractivity contribution is 5.85. The number of alkyl carbamates (subject to hydrolysis) is 1. The number of ether oxygens (including phenoxy) is 1. The van der Waals surface area contributed by atoms with E-state index in [9.17, 15) is 14.4 Å². The molecule has 33 heavy (non-hydrogen) atoms. The Balaban J connectivity index is 1.35. The van der Waals surface area contributed by atoms with Crippen LogP contribution < -0.4 is 5.32 Å². The summed E-state index contributed by atoms with van der Waals surface area (Å²) in [6.07, 6.45) is 4.08. The van der Waals surface area contributed by atoms with E-state index in [1.54, 1.807) is 0 Å². The fourth-order valence-corrected chi connectivity index (χ4v) is 4.63. The molecule has 0 aromatic heterocycles. The number of allylic oxidation sites excluding steroid dienone is 1. The smallest absolute Gasteiger partial charge is 0.407 e. The second-order valence-corrected chi connectivity index (χ2v) is 8.64. The van der Waals surface area contributed by atoms with Gasteiger partial charge in [0.2, 0.25) is 5.91 Å². The Kier molecular flexibility index (Phi) is 6.49. The van der Waals surface area contributed by atoms with Gasteiger partial charge in [0, 0.05) is 18.9 Å². The van der Waals surface area contributed by atoms with E-state index in [-0.39, 0.29) is 30.4 Å². The lowest BCUT2D eigenvalue weighted by atomic mass is 9.89. The molecule has 0 heterocycles. The lowest BCUT2D eigenvalue weighted by Gasteiger charge is -2.30. The largest absolute Gasteiger partial charge is 0.480 e. The van der Waals surface area contributed by atoms with E-state index < -0.39 is 18.1 Å². The third kappa shape index (κ3) is 4.62. The number of amides is 2. The number of nitrogens with one attached hydrogen (secondary N) is 1. The van der Waals surface area contributed by atoms with Crippen LogP contribution in [0.25, 0.3) is 11.1 Å². The summed E-state index contributed by atoms with van der Waals surface area (Å²) in [5, 5.41) is 12.0. The molecule has 172 valence electrons. The van der Waals surface area contributed by atoms with E-state index >= 15 is 0 Å². The third-order valence-electron chi connectivity index (χ3n) is 6.61. The normalized spacial score (nSPS) is 19.8. The summed E-state index contributed by atoms with van der Waals surface area (Å²) >= 11 is 0. The van der Waals surface area contributed by atoms with Crippen molar-refractivity contribution in [3.63, 3.8) is 0 Å². The van der Waals surface area contributed by atoms with Gasteiger partial charge in [-0.1, -0.05) is 60.7 Å². The molecule has 0 saturated heterocycles. The first-order valence-electron chi connectivity index (χ1n) is 11.1. The number of hydrogen-bond donors (Lipinski definition) is 2. The predicted molar refractivity (Wildman–Crippen MR) is 124 cm³/mol. The first kappa shape index (κ1) is 22.6. The molecule has 7 nitrogen and oxygen atoms in total. The topological polar surface area (TPSA) is 95.9 Å². The average molecular weight is 449 g/mol. The lowest BCUT2D eigenvalue weighted by molar-refractivity contribution is -0.150. The van der Waals surface area contributed by atoms with Crippen LogP contribution in [0.5, 0.6) is 0 Å². The maximum Gasteiger partial charge on any atom is 0.407 e. The van der Waals surface area contributed by atoms with Gasteiger partial charge in [-0.2, -0.15) is 0 Å². The van der Waals surface area contributed by atoms with Gasteiger partial charge in [-0.05, 0) is 42.0 Å². The van der Waals surface area contributed by atoms with E-state index in [1.165, 1.54) is 30.0 Å². The molecule has 2 N–H and O–H groups in total. The van der Waals surface area contributed by atoms with E-state index in [0.29, 0.717) is 12.8 Å².